The Balaban J connectivity index is 1.41. The molecule has 2 atom stereocenters. The Morgan fingerprint density at radius 3 is 1.56 bits per heavy atom. The van der Waals surface area contributed by atoms with Crippen molar-refractivity contribution >= 4 is 12.2 Å². The zero-order valence-electron chi connectivity index (χ0n) is 23.2. The smallest absolute Gasteiger partial charge is 0.407 e. The number of hydrogen-bond donors (Lipinski definition) is 4. The first-order valence-corrected chi connectivity index (χ1v) is 13.7. The molecule has 4 aromatic rings. The van der Waals surface area contributed by atoms with Gasteiger partial charge in [0, 0.05) is 37.6 Å². The van der Waals surface area contributed by atoms with Crippen LogP contribution >= 0.6 is 0 Å². The van der Waals surface area contributed by atoms with Crippen LogP contribution in [0.5, 0.6) is 0 Å². The number of imidazole rings is 2. The molecule has 0 unspecified atom stereocenters. The molecule has 11 nitrogen and oxygen atoms in total. The normalized spacial score (nSPS) is 12.4. The molecule has 0 radical (unpaired) electrons. The Morgan fingerprint density at radius 2 is 1.20 bits per heavy atom. The Labute approximate surface area is 239 Å². The predicted molar refractivity (Wildman–Crippen MR) is 154 cm³/mol. The molecular formula is C30H37N7O4. The minimum absolute atomic E-state index is 0.0777. The fraction of sp³-hybridized carbons (Fsp3) is 0.333. The van der Waals surface area contributed by atoms with Gasteiger partial charge in [-0.05, 0) is 30.5 Å². The van der Waals surface area contributed by atoms with E-state index in [0.717, 1.165) is 11.1 Å². The van der Waals surface area contributed by atoms with Crippen LogP contribution in [0.1, 0.15) is 29.4 Å². The Bertz CT molecular complexity index is 1190. The van der Waals surface area contributed by atoms with Crippen molar-refractivity contribution in [3.63, 3.8) is 0 Å². The van der Waals surface area contributed by atoms with Crippen LogP contribution in [0.2, 0.25) is 0 Å². The fourth-order valence-electron chi connectivity index (χ4n) is 4.51. The van der Waals surface area contributed by atoms with Crippen molar-refractivity contribution in [3.8, 4) is 0 Å². The van der Waals surface area contributed by atoms with E-state index in [1.54, 1.807) is 25.0 Å². The maximum absolute atomic E-state index is 12.7. The van der Waals surface area contributed by atoms with E-state index in [1.807, 2.05) is 60.7 Å². The zero-order chi connectivity index (χ0) is 28.7. The van der Waals surface area contributed by atoms with E-state index < -0.39 is 12.2 Å². The maximum atomic E-state index is 12.7. The van der Waals surface area contributed by atoms with Gasteiger partial charge in [0.1, 0.15) is 13.2 Å². The zero-order valence-corrected chi connectivity index (χ0v) is 23.2. The standard InChI is InChI=1S/C30H37N7O4/c1-2-37(17-25(13-23-9-5-3-6-10-23)35-29(38)40-19-27-15-31-21-33-27)18-26(14-24-11-7-4-8-12-24)36-30(39)41-20-28-16-32-22-34-28/h3-12,15-16,21-22,25-26H,2,13-14,17-20H2,1H3,(H,31,33)(H,32,34)(H,35,38)(H,36,39)/t25-,26-/m0/s1. The van der Waals surface area contributed by atoms with Crippen molar-refractivity contribution in [2.45, 2.75) is 45.1 Å². The first-order chi connectivity index (χ1) is 20.1. The summed E-state index contributed by atoms with van der Waals surface area (Å²) in [4.78, 5) is 41.5. The number of aromatic nitrogens is 4. The lowest BCUT2D eigenvalue weighted by atomic mass is 10.0. The molecule has 4 N–H and O–H groups in total. The van der Waals surface area contributed by atoms with Gasteiger partial charge in [0.05, 0.1) is 24.0 Å². The quantitative estimate of drug-likeness (QED) is 0.174. The molecule has 11 heteroatoms. The van der Waals surface area contributed by atoms with Crippen LogP contribution in [0.3, 0.4) is 0 Å². The van der Waals surface area contributed by atoms with Crippen LogP contribution in [-0.2, 0) is 35.5 Å². The van der Waals surface area contributed by atoms with Gasteiger partial charge in [-0.2, -0.15) is 0 Å². The Hall–Kier alpha value is -4.64. The molecule has 0 aliphatic carbocycles. The summed E-state index contributed by atoms with van der Waals surface area (Å²) in [5.74, 6) is 0. The monoisotopic (exact) mass is 559 g/mol. The van der Waals surface area contributed by atoms with Crippen LogP contribution in [0, 0.1) is 0 Å². The highest BCUT2D eigenvalue weighted by Crippen LogP contribution is 2.10. The minimum atomic E-state index is -0.508. The molecule has 0 bridgehead atoms. The second-order valence-electron chi connectivity index (χ2n) is 9.69. The minimum Gasteiger partial charge on any atom is -0.443 e. The van der Waals surface area contributed by atoms with E-state index in [2.05, 4.69) is 42.4 Å². The highest BCUT2D eigenvalue weighted by molar-refractivity contribution is 5.68. The number of benzene rings is 2. The van der Waals surface area contributed by atoms with Crippen LogP contribution in [0.15, 0.2) is 85.7 Å². The van der Waals surface area contributed by atoms with Gasteiger partial charge in [-0.3, -0.25) is 4.90 Å². The molecule has 2 heterocycles. The van der Waals surface area contributed by atoms with E-state index in [4.69, 9.17) is 9.47 Å². The van der Waals surface area contributed by atoms with Crippen LogP contribution in [0.25, 0.3) is 0 Å². The molecule has 216 valence electrons. The number of nitrogens with one attached hydrogen (secondary N) is 4. The summed E-state index contributed by atoms with van der Waals surface area (Å²) < 4.78 is 10.8. The number of alkyl carbamates (subject to hydrolysis) is 2. The molecule has 0 aliphatic rings. The summed E-state index contributed by atoms with van der Waals surface area (Å²) in [6.07, 6.45) is 6.69. The topological polar surface area (TPSA) is 137 Å². The van der Waals surface area contributed by atoms with Crippen molar-refractivity contribution in [1.82, 2.24) is 35.5 Å². The highest BCUT2D eigenvalue weighted by atomic mass is 16.6. The van der Waals surface area contributed by atoms with E-state index in [1.165, 1.54) is 0 Å². The van der Waals surface area contributed by atoms with E-state index >= 15 is 0 Å². The molecule has 0 spiro atoms. The number of nitrogens with zero attached hydrogens (tertiary/aromatic N) is 3. The number of aromatic amines is 2. The molecular weight excluding hydrogens is 522 g/mol. The second-order valence-corrected chi connectivity index (χ2v) is 9.69. The van der Waals surface area contributed by atoms with Gasteiger partial charge in [-0.15, -0.1) is 0 Å². The summed E-state index contributed by atoms with van der Waals surface area (Å²) >= 11 is 0. The van der Waals surface area contributed by atoms with E-state index in [9.17, 15) is 9.59 Å². The molecule has 0 saturated carbocycles. The summed E-state index contributed by atoms with van der Waals surface area (Å²) in [6.45, 7) is 4.04. The Morgan fingerprint density at radius 1 is 0.756 bits per heavy atom. The van der Waals surface area contributed by atoms with Crippen molar-refractivity contribution in [3.05, 3.63) is 108 Å². The number of carbonyl (C=O) groups excluding carboxylic acids is 2. The van der Waals surface area contributed by atoms with Gasteiger partial charge >= 0.3 is 12.2 Å². The molecule has 0 saturated heterocycles. The number of hydrogen-bond acceptors (Lipinski definition) is 7. The number of rotatable bonds is 15. The number of carbonyl (C=O) groups is 2. The number of ether oxygens (including phenoxy) is 2. The molecule has 0 aliphatic heterocycles. The number of amides is 2. The third-order valence-electron chi connectivity index (χ3n) is 6.51. The maximum Gasteiger partial charge on any atom is 0.407 e. The Kier molecular flexibility index (Phi) is 11.3. The van der Waals surface area contributed by atoms with Gasteiger partial charge < -0.3 is 30.1 Å². The molecule has 4 rings (SSSR count). The van der Waals surface area contributed by atoms with Gasteiger partial charge in [-0.25, -0.2) is 19.6 Å². The number of likely N-dealkylation sites (N-methyl/N-ethyl adjacent to an activating group) is 1. The SMILES string of the molecule is CCN(C[C@H](Cc1ccccc1)NC(=O)OCc1c[nH]cn1)C[C@H](Cc1ccccc1)NC(=O)OCc1c[nH]cn1. The second kappa shape index (κ2) is 15.8. The molecule has 2 amide bonds. The predicted octanol–water partition coefficient (Wildman–Crippen LogP) is 3.83. The van der Waals surface area contributed by atoms with Gasteiger partial charge in [0.2, 0.25) is 0 Å². The average molecular weight is 560 g/mol. The molecule has 0 fully saturated rings. The molecule has 2 aromatic carbocycles. The highest BCUT2D eigenvalue weighted by Gasteiger charge is 2.22. The van der Waals surface area contributed by atoms with Crippen molar-refractivity contribution in [1.29, 1.82) is 0 Å². The van der Waals surface area contributed by atoms with Crippen molar-refractivity contribution in [2.24, 2.45) is 0 Å². The largest absolute Gasteiger partial charge is 0.443 e. The van der Waals surface area contributed by atoms with Crippen LogP contribution < -0.4 is 10.6 Å². The van der Waals surface area contributed by atoms with Crippen molar-refractivity contribution < 1.29 is 19.1 Å². The summed E-state index contributed by atoms with van der Waals surface area (Å²) in [7, 11) is 0. The average Bonchev–Trinajstić information content (AvgIpc) is 3.70. The van der Waals surface area contributed by atoms with Gasteiger partial charge in [-0.1, -0.05) is 67.6 Å². The molecule has 41 heavy (non-hydrogen) atoms. The van der Waals surface area contributed by atoms with Crippen LogP contribution in [0.4, 0.5) is 9.59 Å². The lowest BCUT2D eigenvalue weighted by molar-refractivity contribution is 0.125. The first-order valence-electron chi connectivity index (χ1n) is 13.7. The first kappa shape index (κ1) is 29.3. The summed E-state index contributed by atoms with van der Waals surface area (Å²) in [5.41, 5.74) is 3.48. The third-order valence-corrected chi connectivity index (χ3v) is 6.51. The van der Waals surface area contributed by atoms with Gasteiger partial charge in [0.15, 0.2) is 0 Å². The fourth-order valence-corrected chi connectivity index (χ4v) is 4.51. The van der Waals surface area contributed by atoms with Crippen molar-refractivity contribution in [2.75, 3.05) is 19.6 Å². The molecule has 2 aromatic heterocycles. The van der Waals surface area contributed by atoms with Gasteiger partial charge in [0.25, 0.3) is 0 Å². The number of H-pyrrole nitrogens is 2. The van der Waals surface area contributed by atoms with Crippen LogP contribution in [-0.4, -0.2) is 68.7 Å². The lowest BCUT2D eigenvalue weighted by Crippen LogP contribution is -2.50. The lowest BCUT2D eigenvalue weighted by Gasteiger charge is -2.30. The van der Waals surface area contributed by atoms with E-state index in [0.29, 0.717) is 43.9 Å². The van der Waals surface area contributed by atoms with E-state index in [-0.39, 0.29) is 25.3 Å². The summed E-state index contributed by atoms with van der Waals surface area (Å²) in [6, 6.07) is 19.5. The third kappa shape index (κ3) is 10.5. The summed E-state index contributed by atoms with van der Waals surface area (Å²) in [5, 5.41) is 6.06.